The third-order valence-electron chi connectivity index (χ3n) is 3.43. The Bertz CT molecular complexity index is 450. The average Bonchev–Trinajstić information content (AvgIpc) is 2.38. The topological polar surface area (TPSA) is 72.3 Å². The zero-order valence-corrected chi connectivity index (χ0v) is 11.8. The number of hydrogen-bond acceptors (Lipinski definition) is 3. The number of benzene rings is 1. The summed E-state index contributed by atoms with van der Waals surface area (Å²) in [6, 6.07) is 5.96. The van der Waals surface area contributed by atoms with Crippen molar-refractivity contribution in [3.63, 3.8) is 0 Å². The van der Waals surface area contributed by atoms with E-state index in [9.17, 15) is 4.79 Å². The van der Waals surface area contributed by atoms with Crippen LogP contribution in [0.5, 0.6) is 0 Å². The van der Waals surface area contributed by atoms with Crippen molar-refractivity contribution in [3.05, 3.63) is 28.2 Å². The van der Waals surface area contributed by atoms with E-state index in [4.69, 9.17) is 11.5 Å². The number of amides is 1. The fourth-order valence-electron chi connectivity index (χ4n) is 2.52. The Morgan fingerprint density at radius 2 is 2.22 bits per heavy atom. The molecule has 0 aliphatic carbocycles. The van der Waals surface area contributed by atoms with Crippen LogP contribution in [0.25, 0.3) is 0 Å². The molecule has 4 N–H and O–H groups in total. The van der Waals surface area contributed by atoms with Gasteiger partial charge in [-0.2, -0.15) is 0 Å². The Labute approximate surface area is 115 Å². The number of rotatable bonds is 3. The number of carbonyl (C=O) groups excluding carboxylic acids is 1. The second kappa shape index (κ2) is 5.71. The fourth-order valence-corrected chi connectivity index (χ4v) is 2.88. The lowest BCUT2D eigenvalue weighted by Crippen LogP contribution is -2.45. The molecule has 1 aromatic carbocycles. The molecule has 1 aromatic rings. The van der Waals surface area contributed by atoms with Crippen molar-refractivity contribution in [1.29, 1.82) is 0 Å². The second-order valence-corrected chi connectivity index (χ2v) is 5.52. The normalized spacial score (nSPS) is 19.9. The summed E-state index contributed by atoms with van der Waals surface area (Å²) < 4.78 is 0.862. The maximum Gasteiger partial charge on any atom is 0.250 e. The number of carbonyl (C=O) groups is 1. The van der Waals surface area contributed by atoms with Crippen molar-refractivity contribution in [1.82, 2.24) is 0 Å². The third kappa shape index (κ3) is 2.67. The summed E-state index contributed by atoms with van der Waals surface area (Å²) in [4.78, 5) is 13.8. The molecule has 4 nitrogen and oxygen atoms in total. The van der Waals surface area contributed by atoms with E-state index in [1.165, 1.54) is 6.42 Å². The van der Waals surface area contributed by atoms with Crippen molar-refractivity contribution in [2.75, 3.05) is 18.0 Å². The van der Waals surface area contributed by atoms with Gasteiger partial charge in [0.15, 0.2) is 0 Å². The van der Waals surface area contributed by atoms with Gasteiger partial charge in [0.2, 0.25) is 0 Å². The Hall–Kier alpha value is -1.07. The van der Waals surface area contributed by atoms with Crippen LogP contribution in [0.2, 0.25) is 0 Å². The molecule has 1 aliphatic rings. The largest absolute Gasteiger partial charge is 0.367 e. The summed E-state index contributed by atoms with van der Waals surface area (Å²) >= 11 is 3.37. The van der Waals surface area contributed by atoms with E-state index in [1.807, 2.05) is 12.1 Å². The maximum absolute atomic E-state index is 11.6. The molecule has 0 aromatic heterocycles. The highest BCUT2D eigenvalue weighted by molar-refractivity contribution is 9.10. The van der Waals surface area contributed by atoms with Crippen LogP contribution in [0.15, 0.2) is 22.7 Å². The van der Waals surface area contributed by atoms with E-state index >= 15 is 0 Å². The first-order valence-electron chi connectivity index (χ1n) is 6.19. The molecule has 1 heterocycles. The molecular formula is C13H18BrN3O. The predicted octanol–water partition coefficient (Wildman–Crippen LogP) is 1.87. The van der Waals surface area contributed by atoms with Gasteiger partial charge in [-0.25, -0.2) is 0 Å². The summed E-state index contributed by atoms with van der Waals surface area (Å²) in [6.07, 6.45) is 3.40. The summed E-state index contributed by atoms with van der Waals surface area (Å²) in [5.41, 5.74) is 12.7. The molecule has 1 aliphatic heterocycles. The first kappa shape index (κ1) is 13.4. The molecule has 1 atom stereocenters. The monoisotopic (exact) mass is 311 g/mol. The quantitative estimate of drug-likeness (QED) is 0.895. The van der Waals surface area contributed by atoms with Gasteiger partial charge in [0.1, 0.15) is 0 Å². The van der Waals surface area contributed by atoms with Crippen LogP contribution in [-0.4, -0.2) is 25.0 Å². The lowest BCUT2D eigenvalue weighted by Gasteiger charge is -2.37. The minimum atomic E-state index is -0.396. The van der Waals surface area contributed by atoms with E-state index in [1.54, 1.807) is 6.07 Å². The number of primary amides is 1. The molecule has 18 heavy (non-hydrogen) atoms. The molecular weight excluding hydrogens is 294 g/mol. The van der Waals surface area contributed by atoms with Crippen molar-refractivity contribution < 1.29 is 4.79 Å². The zero-order chi connectivity index (χ0) is 13.1. The van der Waals surface area contributed by atoms with Crippen molar-refractivity contribution in [3.8, 4) is 0 Å². The molecule has 5 heteroatoms. The Morgan fingerprint density at radius 1 is 1.44 bits per heavy atom. The molecule has 98 valence electrons. The van der Waals surface area contributed by atoms with Gasteiger partial charge in [0.25, 0.3) is 5.91 Å². The molecule has 1 saturated heterocycles. The molecule has 0 radical (unpaired) electrons. The number of nitrogens with two attached hydrogens (primary N) is 2. The third-order valence-corrected chi connectivity index (χ3v) is 3.93. The van der Waals surface area contributed by atoms with E-state index < -0.39 is 5.91 Å². The van der Waals surface area contributed by atoms with Crippen LogP contribution < -0.4 is 16.4 Å². The summed E-state index contributed by atoms with van der Waals surface area (Å²) in [5, 5.41) is 0. The minimum Gasteiger partial charge on any atom is -0.367 e. The van der Waals surface area contributed by atoms with Gasteiger partial charge in [0.05, 0.1) is 5.56 Å². The fraction of sp³-hybridized carbons (Fsp3) is 0.462. The Morgan fingerprint density at radius 3 is 2.89 bits per heavy atom. The smallest absolute Gasteiger partial charge is 0.250 e. The highest BCUT2D eigenvalue weighted by Crippen LogP contribution is 2.29. The standard InChI is InChI=1S/C13H18BrN3O/c14-9-4-5-12(11(7-9)13(16)18)17-6-2-1-3-10(17)8-15/h4-5,7,10H,1-3,6,8,15H2,(H2,16,18). The van der Waals surface area contributed by atoms with E-state index in [2.05, 4.69) is 20.8 Å². The molecule has 1 fully saturated rings. The zero-order valence-electron chi connectivity index (χ0n) is 10.2. The SMILES string of the molecule is NCC1CCCCN1c1ccc(Br)cc1C(N)=O. The highest BCUT2D eigenvalue weighted by atomic mass is 79.9. The van der Waals surface area contributed by atoms with Crippen molar-refractivity contribution >= 4 is 27.5 Å². The van der Waals surface area contributed by atoms with Crippen molar-refractivity contribution in [2.24, 2.45) is 11.5 Å². The van der Waals surface area contributed by atoms with E-state index in [0.717, 1.165) is 29.5 Å². The van der Waals surface area contributed by atoms with Crippen molar-refractivity contribution in [2.45, 2.75) is 25.3 Å². The first-order valence-corrected chi connectivity index (χ1v) is 6.99. The first-order chi connectivity index (χ1) is 8.63. The molecule has 0 saturated carbocycles. The average molecular weight is 312 g/mol. The second-order valence-electron chi connectivity index (χ2n) is 4.60. The van der Waals surface area contributed by atoms with Gasteiger partial charge < -0.3 is 16.4 Å². The van der Waals surface area contributed by atoms with Crippen LogP contribution in [-0.2, 0) is 0 Å². The molecule has 2 rings (SSSR count). The van der Waals surface area contributed by atoms with Crippen LogP contribution in [0.1, 0.15) is 29.6 Å². The molecule has 1 unspecified atom stereocenters. The van der Waals surface area contributed by atoms with Gasteiger partial charge in [-0.05, 0) is 37.5 Å². The molecule has 1 amide bonds. The number of piperidine rings is 1. The number of anilines is 1. The lowest BCUT2D eigenvalue weighted by molar-refractivity contribution is 0.100. The highest BCUT2D eigenvalue weighted by Gasteiger charge is 2.24. The molecule has 0 spiro atoms. The van der Waals surface area contributed by atoms with E-state index in [0.29, 0.717) is 18.2 Å². The number of nitrogens with zero attached hydrogens (tertiary/aromatic N) is 1. The van der Waals surface area contributed by atoms with Crippen LogP contribution in [0.3, 0.4) is 0 Å². The summed E-state index contributed by atoms with van der Waals surface area (Å²) in [5.74, 6) is -0.396. The van der Waals surface area contributed by atoms with Crippen LogP contribution in [0.4, 0.5) is 5.69 Å². The van der Waals surface area contributed by atoms with Gasteiger partial charge in [0, 0.05) is 29.3 Å². The lowest BCUT2D eigenvalue weighted by atomic mass is 9.99. The maximum atomic E-state index is 11.6. The van der Waals surface area contributed by atoms with Gasteiger partial charge >= 0.3 is 0 Å². The summed E-state index contributed by atoms with van der Waals surface area (Å²) in [7, 11) is 0. The van der Waals surface area contributed by atoms with Crippen LogP contribution >= 0.6 is 15.9 Å². The number of halogens is 1. The van der Waals surface area contributed by atoms with Gasteiger partial charge in [-0.3, -0.25) is 4.79 Å². The van der Waals surface area contributed by atoms with Gasteiger partial charge in [-0.15, -0.1) is 0 Å². The molecule has 0 bridgehead atoms. The summed E-state index contributed by atoms with van der Waals surface area (Å²) in [6.45, 7) is 1.54. The predicted molar refractivity (Wildman–Crippen MR) is 76.7 cm³/mol. The van der Waals surface area contributed by atoms with Crippen LogP contribution in [0, 0.1) is 0 Å². The number of hydrogen-bond donors (Lipinski definition) is 2. The Kier molecular flexibility index (Phi) is 4.24. The van der Waals surface area contributed by atoms with E-state index in [-0.39, 0.29) is 0 Å². The Balaban J connectivity index is 2.39. The van der Waals surface area contributed by atoms with Gasteiger partial charge in [-0.1, -0.05) is 15.9 Å². The minimum absolute atomic E-state index is 0.304.